The van der Waals surface area contributed by atoms with E-state index in [2.05, 4.69) is 22.8 Å². The number of thiophene rings is 1. The van der Waals surface area contributed by atoms with Crippen molar-refractivity contribution in [3.05, 3.63) is 55.7 Å². The van der Waals surface area contributed by atoms with Gasteiger partial charge in [0.2, 0.25) is 0 Å². The van der Waals surface area contributed by atoms with Crippen LogP contribution in [0.1, 0.15) is 72.9 Å². The maximum Gasteiger partial charge on any atom is 0.0595 e. The molecule has 4 heteroatoms. The Morgan fingerprint density at radius 2 is 1.80 bits per heavy atom. The lowest BCUT2D eigenvalue weighted by molar-refractivity contribution is 0.318. The first-order valence-electron chi connectivity index (χ1n) is 9.48. The molecule has 2 atom stereocenters. The van der Waals surface area contributed by atoms with E-state index in [1.807, 2.05) is 23.5 Å². The topological polar surface area (TPSA) is 12.0 Å². The van der Waals surface area contributed by atoms with Gasteiger partial charge in [-0.3, -0.25) is 0 Å². The molecule has 0 spiro atoms. The zero-order chi connectivity index (χ0) is 17.2. The van der Waals surface area contributed by atoms with E-state index in [1.54, 1.807) is 0 Å². The van der Waals surface area contributed by atoms with Crippen LogP contribution >= 0.6 is 34.5 Å². The lowest BCUT2D eigenvalue weighted by Gasteiger charge is -2.32. The molecule has 1 heterocycles. The van der Waals surface area contributed by atoms with Crippen LogP contribution in [0.4, 0.5) is 0 Å². The zero-order valence-corrected chi connectivity index (χ0v) is 16.8. The molecule has 1 aromatic carbocycles. The van der Waals surface area contributed by atoms with Gasteiger partial charge in [0, 0.05) is 16.8 Å². The van der Waals surface area contributed by atoms with Crippen molar-refractivity contribution in [3.8, 4) is 0 Å². The lowest BCUT2D eigenvalue weighted by atomic mass is 9.81. The molecule has 0 bridgehead atoms. The van der Waals surface area contributed by atoms with Crippen LogP contribution in [-0.4, -0.2) is 6.54 Å². The predicted octanol–water partition coefficient (Wildman–Crippen LogP) is 7.19. The van der Waals surface area contributed by atoms with Crippen molar-refractivity contribution in [1.29, 1.82) is 0 Å². The average molecular weight is 394 g/mol. The van der Waals surface area contributed by atoms with Crippen molar-refractivity contribution in [3.63, 3.8) is 0 Å². The van der Waals surface area contributed by atoms with E-state index in [4.69, 9.17) is 23.2 Å². The number of fused-ring (bicyclic) bond motifs is 1. The fourth-order valence-corrected chi connectivity index (χ4v) is 5.91. The fraction of sp³-hybridized carbons (Fsp3) is 0.524. The number of rotatable bonds is 4. The molecule has 0 amide bonds. The van der Waals surface area contributed by atoms with E-state index < -0.39 is 0 Å². The van der Waals surface area contributed by atoms with E-state index in [1.165, 1.54) is 67.5 Å². The first-order chi connectivity index (χ1) is 12.2. The van der Waals surface area contributed by atoms with Gasteiger partial charge in [-0.15, -0.1) is 11.3 Å². The molecule has 134 valence electrons. The monoisotopic (exact) mass is 393 g/mol. The van der Waals surface area contributed by atoms with Crippen LogP contribution in [0, 0.1) is 5.92 Å². The Morgan fingerprint density at radius 1 is 0.960 bits per heavy atom. The van der Waals surface area contributed by atoms with Crippen molar-refractivity contribution in [2.24, 2.45) is 5.92 Å². The summed E-state index contributed by atoms with van der Waals surface area (Å²) in [5.41, 5.74) is 2.80. The molecule has 4 rings (SSSR count). The maximum absolute atomic E-state index is 6.26. The quantitative estimate of drug-likeness (QED) is 0.579. The first kappa shape index (κ1) is 17.9. The summed E-state index contributed by atoms with van der Waals surface area (Å²) in [5.74, 6) is 1.33. The minimum Gasteiger partial charge on any atom is -0.310 e. The number of nitrogens with one attached hydrogen (secondary N) is 1. The van der Waals surface area contributed by atoms with Gasteiger partial charge < -0.3 is 5.32 Å². The standard InChI is InChI=1S/C21H25Cl2NS/c22-18-8-6-15(12-19(18)23)16-7-9-20(17-10-11-25-21(16)17)24-13-14-4-2-1-3-5-14/h6,8,10-12,14,16,20,24H,1-5,7,9,13H2. The van der Waals surface area contributed by atoms with Crippen LogP contribution in [0.3, 0.4) is 0 Å². The number of hydrogen-bond donors (Lipinski definition) is 1. The Morgan fingerprint density at radius 3 is 2.60 bits per heavy atom. The number of hydrogen-bond acceptors (Lipinski definition) is 2. The molecular formula is C21H25Cl2NS. The summed E-state index contributed by atoms with van der Waals surface area (Å²) < 4.78 is 0. The van der Waals surface area contributed by atoms with E-state index >= 15 is 0 Å². The smallest absolute Gasteiger partial charge is 0.0595 e. The van der Waals surface area contributed by atoms with Crippen molar-refractivity contribution < 1.29 is 0 Å². The second-order valence-corrected chi connectivity index (χ2v) is 9.27. The van der Waals surface area contributed by atoms with Crippen LogP contribution in [0.5, 0.6) is 0 Å². The minimum absolute atomic E-state index is 0.456. The average Bonchev–Trinajstić information content (AvgIpc) is 3.13. The third-order valence-corrected chi connectivity index (χ3v) is 7.67. The van der Waals surface area contributed by atoms with Gasteiger partial charge in [0.1, 0.15) is 0 Å². The van der Waals surface area contributed by atoms with Gasteiger partial charge in [0.05, 0.1) is 10.0 Å². The highest BCUT2D eigenvalue weighted by molar-refractivity contribution is 7.10. The third-order valence-electron chi connectivity index (χ3n) is 5.89. The van der Waals surface area contributed by atoms with Gasteiger partial charge >= 0.3 is 0 Å². The summed E-state index contributed by atoms with van der Waals surface area (Å²) in [5, 5.41) is 7.43. The Balaban J connectivity index is 1.49. The summed E-state index contributed by atoms with van der Waals surface area (Å²) in [4.78, 5) is 1.51. The van der Waals surface area contributed by atoms with Crippen LogP contribution in [0.2, 0.25) is 10.0 Å². The molecule has 0 radical (unpaired) electrons. The summed E-state index contributed by atoms with van der Waals surface area (Å²) in [6, 6.07) is 8.95. The molecule has 0 saturated heterocycles. The third kappa shape index (κ3) is 3.93. The summed E-state index contributed by atoms with van der Waals surface area (Å²) in [6.45, 7) is 1.18. The maximum atomic E-state index is 6.26. The summed E-state index contributed by atoms with van der Waals surface area (Å²) in [7, 11) is 0. The van der Waals surface area contributed by atoms with Gasteiger partial charge in [-0.1, -0.05) is 48.5 Å². The lowest BCUT2D eigenvalue weighted by Crippen LogP contribution is -2.31. The van der Waals surface area contributed by atoms with Gasteiger partial charge in [-0.05, 0) is 72.9 Å². The van der Waals surface area contributed by atoms with Gasteiger partial charge in [-0.2, -0.15) is 0 Å². The molecule has 1 saturated carbocycles. The second kappa shape index (κ2) is 8.00. The summed E-state index contributed by atoms with van der Waals surface area (Å²) in [6.07, 6.45) is 9.44. The van der Waals surface area contributed by atoms with Gasteiger partial charge in [-0.25, -0.2) is 0 Å². The molecule has 1 N–H and O–H groups in total. The normalized spacial score (nSPS) is 24.2. The molecule has 1 fully saturated rings. The first-order valence-corrected chi connectivity index (χ1v) is 11.1. The molecule has 1 nitrogen and oxygen atoms in total. The van der Waals surface area contributed by atoms with E-state index in [0.29, 0.717) is 22.0 Å². The molecule has 2 aromatic rings. The molecule has 2 unspecified atom stereocenters. The van der Waals surface area contributed by atoms with Gasteiger partial charge in [0.25, 0.3) is 0 Å². The second-order valence-electron chi connectivity index (χ2n) is 7.51. The van der Waals surface area contributed by atoms with Crippen molar-refractivity contribution in [1.82, 2.24) is 5.32 Å². The number of halogens is 2. The Labute approximate surface area is 164 Å². The van der Waals surface area contributed by atoms with Gasteiger partial charge in [0.15, 0.2) is 0 Å². The highest BCUT2D eigenvalue weighted by atomic mass is 35.5. The van der Waals surface area contributed by atoms with Crippen molar-refractivity contribution >= 4 is 34.5 Å². The Hall–Kier alpha value is -0.540. The predicted molar refractivity (Wildman–Crippen MR) is 109 cm³/mol. The van der Waals surface area contributed by atoms with Crippen LogP contribution in [-0.2, 0) is 0 Å². The zero-order valence-electron chi connectivity index (χ0n) is 14.4. The van der Waals surface area contributed by atoms with E-state index in [0.717, 1.165) is 5.92 Å². The van der Waals surface area contributed by atoms with Crippen molar-refractivity contribution in [2.75, 3.05) is 6.54 Å². The molecular weight excluding hydrogens is 369 g/mol. The molecule has 0 aliphatic heterocycles. The summed E-state index contributed by atoms with van der Waals surface area (Å²) >= 11 is 14.2. The Kier molecular flexibility index (Phi) is 5.71. The molecule has 25 heavy (non-hydrogen) atoms. The van der Waals surface area contributed by atoms with Crippen LogP contribution in [0.25, 0.3) is 0 Å². The molecule has 1 aromatic heterocycles. The largest absolute Gasteiger partial charge is 0.310 e. The number of benzene rings is 1. The highest BCUT2D eigenvalue weighted by Gasteiger charge is 2.30. The molecule has 2 aliphatic carbocycles. The van der Waals surface area contributed by atoms with Crippen molar-refractivity contribution in [2.45, 2.75) is 56.9 Å². The SMILES string of the molecule is Clc1ccc(C2CCC(NCC3CCCCC3)c3ccsc32)cc1Cl. The van der Waals surface area contributed by atoms with E-state index in [-0.39, 0.29) is 0 Å². The Bertz CT molecular complexity index is 720. The highest BCUT2D eigenvalue weighted by Crippen LogP contribution is 2.45. The van der Waals surface area contributed by atoms with E-state index in [9.17, 15) is 0 Å². The molecule has 2 aliphatic rings. The fourth-order valence-electron chi connectivity index (χ4n) is 4.48. The minimum atomic E-state index is 0.456. The van der Waals surface area contributed by atoms with Crippen LogP contribution in [0.15, 0.2) is 29.6 Å². The van der Waals surface area contributed by atoms with Crippen LogP contribution < -0.4 is 5.32 Å².